The summed E-state index contributed by atoms with van der Waals surface area (Å²) in [4.78, 5) is 55.4. The van der Waals surface area contributed by atoms with Crippen molar-refractivity contribution < 1.29 is 28.7 Å². The number of benzene rings is 3. The van der Waals surface area contributed by atoms with Gasteiger partial charge in [-0.3, -0.25) is 14.4 Å². The number of amides is 4. The van der Waals surface area contributed by atoms with Gasteiger partial charge in [0.25, 0.3) is 5.91 Å². The number of nitrogens with zero attached hydrogens (tertiary/aromatic N) is 2. The van der Waals surface area contributed by atoms with Crippen molar-refractivity contribution in [1.29, 1.82) is 0 Å². The van der Waals surface area contributed by atoms with Crippen molar-refractivity contribution >= 4 is 40.9 Å². The van der Waals surface area contributed by atoms with Crippen LogP contribution in [0.25, 0.3) is 0 Å². The molecular formula is C40H52N4O6. The Hall–Kier alpha value is -4.86. The van der Waals surface area contributed by atoms with Crippen LogP contribution in [0.4, 0.5) is 21.9 Å². The van der Waals surface area contributed by atoms with E-state index < -0.39 is 11.6 Å². The first-order valence-electron chi connectivity index (χ1n) is 17.5. The smallest absolute Gasteiger partial charge is 0.319 e. The van der Waals surface area contributed by atoms with Gasteiger partial charge in [-0.15, -0.1) is 0 Å². The summed E-state index contributed by atoms with van der Waals surface area (Å²) in [6.07, 6.45) is 6.77. The number of urea groups is 1. The number of hydrogen-bond acceptors (Lipinski definition) is 6. The molecule has 0 unspecified atom stereocenters. The quantitative estimate of drug-likeness (QED) is 0.182. The fraction of sp³-hybridized carbons (Fsp3) is 0.450. The lowest BCUT2D eigenvalue weighted by Gasteiger charge is -2.29. The van der Waals surface area contributed by atoms with Crippen molar-refractivity contribution in [2.75, 3.05) is 41.9 Å². The third-order valence-corrected chi connectivity index (χ3v) is 8.62. The number of hydrogen-bond donors (Lipinski definition) is 2. The second kappa shape index (κ2) is 17.7. The second-order valence-electron chi connectivity index (χ2n) is 14.2. The van der Waals surface area contributed by atoms with Crippen LogP contribution in [0, 0.1) is 19.8 Å². The molecule has 0 spiro atoms. The molecule has 0 aliphatic heterocycles. The summed E-state index contributed by atoms with van der Waals surface area (Å²) in [5.41, 5.74) is 4.04. The summed E-state index contributed by atoms with van der Waals surface area (Å²) in [7, 11) is 1.72. The van der Waals surface area contributed by atoms with Gasteiger partial charge < -0.3 is 29.9 Å². The molecule has 10 nitrogen and oxygen atoms in total. The van der Waals surface area contributed by atoms with Crippen LogP contribution in [0.5, 0.6) is 5.75 Å². The molecule has 3 aromatic rings. The van der Waals surface area contributed by atoms with E-state index in [1.54, 1.807) is 47.2 Å². The number of esters is 1. The molecular weight excluding hydrogens is 632 g/mol. The molecule has 1 saturated carbocycles. The van der Waals surface area contributed by atoms with Crippen LogP contribution in [0.3, 0.4) is 0 Å². The predicted octanol–water partition coefficient (Wildman–Crippen LogP) is 7.35. The van der Waals surface area contributed by atoms with E-state index in [2.05, 4.69) is 16.7 Å². The van der Waals surface area contributed by atoms with E-state index in [0.29, 0.717) is 35.2 Å². The summed E-state index contributed by atoms with van der Waals surface area (Å²) in [6.45, 7) is 9.41. The Morgan fingerprint density at radius 3 is 2.26 bits per heavy atom. The maximum Gasteiger partial charge on any atom is 0.319 e. The van der Waals surface area contributed by atoms with Crippen LogP contribution in [-0.2, 0) is 25.5 Å². The van der Waals surface area contributed by atoms with E-state index in [1.807, 2.05) is 65.0 Å². The number of carbonyl (C=O) groups is 4. The average Bonchev–Trinajstić information content (AvgIpc) is 3.05. The Balaban J connectivity index is 1.42. The fourth-order valence-electron chi connectivity index (χ4n) is 6.22. The second-order valence-corrected chi connectivity index (χ2v) is 14.2. The van der Waals surface area contributed by atoms with Crippen LogP contribution in [0.2, 0.25) is 0 Å². The summed E-state index contributed by atoms with van der Waals surface area (Å²) in [6, 6.07) is 19.6. The number of likely N-dealkylation sites (N-methyl/N-ethyl adjacent to an activating group) is 1. The minimum Gasteiger partial charge on any atom is -0.482 e. The topological polar surface area (TPSA) is 117 Å². The Labute approximate surface area is 296 Å². The normalized spacial score (nSPS) is 13.2. The Bertz CT molecular complexity index is 1620. The number of rotatable bonds is 13. The average molecular weight is 685 g/mol. The molecule has 0 saturated heterocycles. The number of ether oxygens (including phenoxy) is 2. The number of para-hydroxylation sites is 2. The van der Waals surface area contributed by atoms with Crippen molar-refractivity contribution in [3.8, 4) is 5.75 Å². The highest BCUT2D eigenvalue weighted by molar-refractivity contribution is 5.99. The van der Waals surface area contributed by atoms with Gasteiger partial charge in [-0.05, 0) is 100 Å². The van der Waals surface area contributed by atoms with Crippen LogP contribution >= 0.6 is 0 Å². The zero-order valence-corrected chi connectivity index (χ0v) is 30.3. The Morgan fingerprint density at radius 2 is 1.56 bits per heavy atom. The molecule has 0 radical (unpaired) electrons. The first-order chi connectivity index (χ1) is 23.8. The summed E-state index contributed by atoms with van der Waals surface area (Å²) in [5.74, 6) is 0.0463. The standard InChI is InChI=1S/C40H52N4O6/c1-28-21-29(2)23-33(22-28)43(6)37(46)27-49-35-18-11-10-17-34(35)44(20-19-30-13-8-7-9-14-30)36(45)26-41-39(48)42-32-16-12-15-31(24-32)25-38(47)50-40(3,4)5/h10-12,15-18,21-24,30H,7-9,13-14,19-20,25-27H2,1-6H3,(H2,41,42,48). The van der Waals surface area contributed by atoms with Crippen molar-refractivity contribution in [2.45, 2.75) is 85.2 Å². The number of aryl methyl sites for hydroxylation is 2. The SMILES string of the molecule is Cc1cc(C)cc(N(C)C(=O)COc2ccccc2N(CCC2CCCCC2)C(=O)CNC(=O)Nc2cccc(CC(=O)OC(C)(C)C)c2)c1. The van der Waals surface area contributed by atoms with Crippen LogP contribution in [0.1, 0.15) is 76.0 Å². The van der Waals surface area contributed by atoms with E-state index in [4.69, 9.17) is 9.47 Å². The molecule has 0 atom stereocenters. The van der Waals surface area contributed by atoms with Crippen LogP contribution in [0.15, 0.2) is 66.7 Å². The maximum absolute atomic E-state index is 13.8. The lowest BCUT2D eigenvalue weighted by Crippen LogP contribution is -2.42. The van der Waals surface area contributed by atoms with Crippen LogP contribution in [-0.4, -0.2) is 56.2 Å². The van der Waals surface area contributed by atoms with Crippen molar-refractivity contribution in [1.82, 2.24) is 5.32 Å². The van der Waals surface area contributed by atoms with Gasteiger partial charge in [0, 0.05) is 25.0 Å². The Morgan fingerprint density at radius 1 is 0.860 bits per heavy atom. The predicted molar refractivity (Wildman–Crippen MR) is 198 cm³/mol. The number of nitrogens with one attached hydrogen (secondary N) is 2. The van der Waals surface area contributed by atoms with Crippen molar-refractivity contribution in [2.24, 2.45) is 5.92 Å². The number of carbonyl (C=O) groups excluding carboxylic acids is 4. The minimum absolute atomic E-state index is 0.0673. The molecule has 4 amide bonds. The zero-order chi connectivity index (χ0) is 36.3. The highest BCUT2D eigenvalue weighted by atomic mass is 16.6. The van der Waals surface area contributed by atoms with Gasteiger partial charge in [-0.2, -0.15) is 0 Å². The lowest BCUT2D eigenvalue weighted by molar-refractivity contribution is -0.153. The van der Waals surface area contributed by atoms with Gasteiger partial charge in [-0.25, -0.2) is 4.79 Å². The van der Waals surface area contributed by atoms with E-state index in [-0.39, 0.29) is 37.4 Å². The lowest BCUT2D eigenvalue weighted by atomic mass is 9.87. The molecule has 10 heteroatoms. The third kappa shape index (κ3) is 11.9. The Kier molecular flexibility index (Phi) is 13.4. The van der Waals surface area contributed by atoms with Gasteiger partial charge in [0.05, 0.1) is 18.7 Å². The summed E-state index contributed by atoms with van der Waals surface area (Å²) in [5, 5.41) is 5.44. The summed E-state index contributed by atoms with van der Waals surface area (Å²) < 4.78 is 11.5. The van der Waals surface area contributed by atoms with Gasteiger partial charge in [0.1, 0.15) is 11.4 Å². The van der Waals surface area contributed by atoms with Gasteiger partial charge in [0.15, 0.2) is 6.61 Å². The third-order valence-electron chi connectivity index (χ3n) is 8.62. The largest absolute Gasteiger partial charge is 0.482 e. The van der Waals surface area contributed by atoms with Crippen molar-refractivity contribution in [3.63, 3.8) is 0 Å². The first-order valence-corrected chi connectivity index (χ1v) is 17.5. The zero-order valence-electron chi connectivity index (χ0n) is 30.3. The highest BCUT2D eigenvalue weighted by Gasteiger charge is 2.24. The molecule has 0 aromatic heterocycles. The molecule has 1 aliphatic rings. The van der Waals surface area contributed by atoms with Crippen LogP contribution < -0.4 is 25.2 Å². The molecule has 0 heterocycles. The molecule has 4 rings (SSSR count). The minimum atomic E-state index is -0.592. The van der Waals surface area contributed by atoms with E-state index >= 15 is 0 Å². The first kappa shape index (κ1) is 38.0. The van der Waals surface area contributed by atoms with E-state index in [1.165, 1.54) is 19.3 Å². The van der Waals surface area contributed by atoms with Gasteiger partial charge in [-0.1, -0.05) is 62.4 Å². The van der Waals surface area contributed by atoms with Gasteiger partial charge in [0.2, 0.25) is 5.91 Å². The van der Waals surface area contributed by atoms with Crippen molar-refractivity contribution in [3.05, 3.63) is 83.4 Å². The molecule has 3 aromatic carbocycles. The molecule has 1 aliphatic carbocycles. The van der Waals surface area contributed by atoms with E-state index in [9.17, 15) is 19.2 Å². The molecule has 2 N–H and O–H groups in total. The maximum atomic E-state index is 13.8. The monoisotopic (exact) mass is 684 g/mol. The highest BCUT2D eigenvalue weighted by Crippen LogP contribution is 2.31. The number of anilines is 3. The molecule has 268 valence electrons. The fourth-order valence-corrected chi connectivity index (χ4v) is 6.22. The molecule has 1 fully saturated rings. The summed E-state index contributed by atoms with van der Waals surface area (Å²) >= 11 is 0. The van der Waals surface area contributed by atoms with E-state index in [0.717, 1.165) is 36.1 Å². The van der Waals surface area contributed by atoms with Gasteiger partial charge >= 0.3 is 12.0 Å². The molecule has 50 heavy (non-hydrogen) atoms. The molecule has 0 bridgehead atoms.